The van der Waals surface area contributed by atoms with Crippen molar-refractivity contribution in [2.24, 2.45) is 5.92 Å². The molecule has 3 rings (SSSR count). The van der Waals surface area contributed by atoms with Crippen LogP contribution in [-0.4, -0.2) is 14.8 Å². The Balaban J connectivity index is 1.65. The summed E-state index contributed by atoms with van der Waals surface area (Å²) in [5.74, 6) is 0.591. The van der Waals surface area contributed by atoms with Gasteiger partial charge in [-0.1, -0.05) is 26.0 Å². The standard InChI is InChI=1S/C15H18N4O/c1-11(2)9-19-10-12(8-17-19)7-16-15-18-13-5-3-4-6-14(13)20-15/h3-6,8,10-11H,7,9H2,1-2H3,(H,16,18). The molecule has 104 valence electrons. The number of para-hydroxylation sites is 2. The van der Waals surface area contributed by atoms with Crippen molar-refractivity contribution < 1.29 is 4.42 Å². The number of nitrogens with zero attached hydrogens (tertiary/aromatic N) is 3. The quantitative estimate of drug-likeness (QED) is 0.773. The Bertz CT molecular complexity index is 666. The molecule has 0 bridgehead atoms. The minimum Gasteiger partial charge on any atom is -0.424 e. The van der Waals surface area contributed by atoms with Crippen LogP contribution < -0.4 is 5.32 Å². The van der Waals surface area contributed by atoms with Gasteiger partial charge >= 0.3 is 0 Å². The number of rotatable bonds is 5. The van der Waals surface area contributed by atoms with Crippen LogP contribution in [0.4, 0.5) is 6.01 Å². The highest BCUT2D eigenvalue weighted by Crippen LogP contribution is 2.18. The molecule has 0 aliphatic rings. The molecule has 0 spiro atoms. The van der Waals surface area contributed by atoms with Crippen LogP contribution in [-0.2, 0) is 13.1 Å². The zero-order valence-corrected chi connectivity index (χ0v) is 11.7. The summed E-state index contributed by atoms with van der Waals surface area (Å²) in [6.45, 7) is 5.95. The van der Waals surface area contributed by atoms with Crippen LogP contribution in [0.15, 0.2) is 41.1 Å². The number of oxazole rings is 1. The van der Waals surface area contributed by atoms with Gasteiger partial charge in [0.1, 0.15) is 5.52 Å². The third-order valence-electron chi connectivity index (χ3n) is 2.98. The lowest BCUT2D eigenvalue weighted by atomic mass is 10.2. The molecule has 5 heteroatoms. The minimum absolute atomic E-state index is 0.544. The molecule has 1 N–H and O–H groups in total. The van der Waals surface area contributed by atoms with Gasteiger partial charge in [0.05, 0.1) is 6.20 Å². The van der Waals surface area contributed by atoms with Crippen molar-refractivity contribution in [2.45, 2.75) is 26.9 Å². The lowest BCUT2D eigenvalue weighted by Crippen LogP contribution is -2.04. The van der Waals surface area contributed by atoms with E-state index in [1.54, 1.807) is 0 Å². The van der Waals surface area contributed by atoms with Gasteiger partial charge in [-0.15, -0.1) is 0 Å². The van der Waals surface area contributed by atoms with Crippen LogP contribution >= 0.6 is 0 Å². The summed E-state index contributed by atoms with van der Waals surface area (Å²) in [7, 11) is 0. The summed E-state index contributed by atoms with van der Waals surface area (Å²) < 4.78 is 7.58. The van der Waals surface area contributed by atoms with Gasteiger partial charge in [0.25, 0.3) is 6.01 Å². The summed E-state index contributed by atoms with van der Waals surface area (Å²) in [6, 6.07) is 8.28. The highest BCUT2D eigenvalue weighted by atomic mass is 16.4. The van der Waals surface area contributed by atoms with E-state index in [0.717, 1.165) is 23.2 Å². The van der Waals surface area contributed by atoms with Gasteiger partial charge in [0.2, 0.25) is 0 Å². The van der Waals surface area contributed by atoms with Crippen molar-refractivity contribution in [2.75, 3.05) is 5.32 Å². The number of nitrogens with one attached hydrogen (secondary N) is 1. The molecule has 3 aromatic rings. The zero-order chi connectivity index (χ0) is 13.9. The molecule has 2 heterocycles. The predicted octanol–water partition coefficient (Wildman–Crippen LogP) is 3.29. The number of aromatic nitrogens is 3. The first-order chi connectivity index (χ1) is 9.70. The molecular formula is C15H18N4O. The Kier molecular flexibility index (Phi) is 3.41. The molecular weight excluding hydrogens is 252 g/mol. The van der Waals surface area contributed by atoms with Gasteiger partial charge in [-0.2, -0.15) is 10.1 Å². The second-order valence-corrected chi connectivity index (χ2v) is 5.30. The third-order valence-corrected chi connectivity index (χ3v) is 2.98. The van der Waals surface area contributed by atoms with Crippen molar-refractivity contribution in [3.05, 3.63) is 42.2 Å². The van der Waals surface area contributed by atoms with Gasteiger partial charge in [0.15, 0.2) is 5.58 Å². The van der Waals surface area contributed by atoms with E-state index in [1.165, 1.54) is 0 Å². The van der Waals surface area contributed by atoms with Crippen LogP contribution in [0.2, 0.25) is 0 Å². The molecule has 0 atom stereocenters. The molecule has 0 unspecified atom stereocenters. The maximum atomic E-state index is 5.61. The Morgan fingerprint density at radius 2 is 2.15 bits per heavy atom. The van der Waals surface area contributed by atoms with Crippen LogP contribution in [0.5, 0.6) is 0 Å². The maximum absolute atomic E-state index is 5.61. The van der Waals surface area contributed by atoms with Crippen LogP contribution in [0.3, 0.4) is 0 Å². The molecule has 0 fully saturated rings. The normalized spacial score (nSPS) is 11.3. The highest BCUT2D eigenvalue weighted by molar-refractivity contribution is 5.74. The number of fused-ring (bicyclic) bond motifs is 1. The SMILES string of the molecule is CC(C)Cn1cc(CNc2nc3ccccc3o2)cn1. The highest BCUT2D eigenvalue weighted by Gasteiger charge is 2.05. The molecule has 0 amide bonds. The number of benzene rings is 1. The fourth-order valence-electron chi connectivity index (χ4n) is 2.10. The Morgan fingerprint density at radius 3 is 2.95 bits per heavy atom. The van der Waals surface area contributed by atoms with Crippen molar-refractivity contribution in [3.63, 3.8) is 0 Å². The maximum Gasteiger partial charge on any atom is 0.295 e. The Labute approximate surface area is 117 Å². The Morgan fingerprint density at radius 1 is 1.30 bits per heavy atom. The van der Waals surface area contributed by atoms with Gasteiger partial charge in [-0.3, -0.25) is 4.68 Å². The van der Waals surface area contributed by atoms with Gasteiger partial charge in [-0.25, -0.2) is 0 Å². The molecule has 0 aliphatic carbocycles. The summed E-state index contributed by atoms with van der Waals surface area (Å²) in [5, 5.41) is 7.52. The fourth-order valence-corrected chi connectivity index (χ4v) is 2.10. The molecule has 2 aromatic heterocycles. The van der Waals surface area contributed by atoms with Crippen molar-refractivity contribution in [3.8, 4) is 0 Å². The van der Waals surface area contributed by atoms with E-state index in [-0.39, 0.29) is 0 Å². The van der Waals surface area contributed by atoms with E-state index in [4.69, 9.17) is 4.42 Å². The average molecular weight is 270 g/mol. The predicted molar refractivity (Wildman–Crippen MR) is 78.4 cm³/mol. The Hall–Kier alpha value is -2.30. The van der Waals surface area contributed by atoms with Gasteiger partial charge in [0, 0.05) is 24.8 Å². The molecule has 5 nitrogen and oxygen atoms in total. The summed E-state index contributed by atoms with van der Waals surface area (Å²) in [6.07, 6.45) is 3.92. The van der Waals surface area contributed by atoms with E-state index < -0.39 is 0 Å². The summed E-state index contributed by atoms with van der Waals surface area (Å²) in [4.78, 5) is 4.38. The molecule has 20 heavy (non-hydrogen) atoms. The van der Waals surface area contributed by atoms with E-state index in [0.29, 0.717) is 18.5 Å². The first kappa shape index (κ1) is 12.7. The van der Waals surface area contributed by atoms with Crippen LogP contribution in [0.1, 0.15) is 19.4 Å². The van der Waals surface area contributed by atoms with Crippen molar-refractivity contribution in [1.82, 2.24) is 14.8 Å². The lowest BCUT2D eigenvalue weighted by molar-refractivity contribution is 0.483. The topological polar surface area (TPSA) is 55.9 Å². The largest absolute Gasteiger partial charge is 0.424 e. The van der Waals surface area contributed by atoms with E-state index in [1.807, 2.05) is 35.1 Å². The van der Waals surface area contributed by atoms with Crippen molar-refractivity contribution in [1.29, 1.82) is 0 Å². The molecule has 0 radical (unpaired) electrons. The van der Waals surface area contributed by atoms with Crippen LogP contribution in [0, 0.1) is 5.92 Å². The van der Waals surface area contributed by atoms with E-state index in [9.17, 15) is 0 Å². The molecule has 1 aromatic carbocycles. The molecule has 0 aliphatic heterocycles. The fraction of sp³-hybridized carbons (Fsp3) is 0.333. The van der Waals surface area contributed by atoms with Crippen molar-refractivity contribution >= 4 is 17.1 Å². The van der Waals surface area contributed by atoms with Gasteiger partial charge < -0.3 is 9.73 Å². The van der Waals surface area contributed by atoms with E-state index in [2.05, 4.69) is 35.4 Å². The zero-order valence-electron chi connectivity index (χ0n) is 11.7. The number of hydrogen-bond donors (Lipinski definition) is 1. The minimum atomic E-state index is 0.544. The summed E-state index contributed by atoms with van der Waals surface area (Å²) in [5.41, 5.74) is 2.78. The second kappa shape index (κ2) is 5.36. The van der Waals surface area contributed by atoms with Crippen LogP contribution in [0.25, 0.3) is 11.1 Å². The first-order valence-electron chi connectivity index (χ1n) is 6.81. The monoisotopic (exact) mass is 270 g/mol. The second-order valence-electron chi connectivity index (χ2n) is 5.30. The third kappa shape index (κ3) is 2.82. The number of hydrogen-bond acceptors (Lipinski definition) is 4. The molecule has 0 saturated carbocycles. The number of anilines is 1. The molecule has 0 saturated heterocycles. The van der Waals surface area contributed by atoms with Gasteiger partial charge in [-0.05, 0) is 18.1 Å². The lowest BCUT2D eigenvalue weighted by Gasteiger charge is -2.03. The first-order valence-corrected chi connectivity index (χ1v) is 6.81. The summed E-state index contributed by atoms with van der Waals surface area (Å²) >= 11 is 0. The average Bonchev–Trinajstić information content (AvgIpc) is 3.01. The van der Waals surface area contributed by atoms with E-state index >= 15 is 0 Å². The smallest absolute Gasteiger partial charge is 0.295 e.